The molecule has 4 aliphatic rings. The number of aromatic nitrogens is 1. The van der Waals surface area contributed by atoms with Gasteiger partial charge in [-0.25, -0.2) is 4.79 Å². The van der Waals surface area contributed by atoms with Crippen LogP contribution in [0.5, 0.6) is 0 Å². The van der Waals surface area contributed by atoms with Crippen LogP contribution in [0.1, 0.15) is 58.0 Å². The van der Waals surface area contributed by atoms with Gasteiger partial charge in [-0.2, -0.15) is 0 Å². The number of rotatable bonds is 4. The number of pyridine rings is 1. The number of benzene rings is 1. The number of ether oxygens (including phenoxy) is 1. The number of ketones is 1. The average molecular weight is 403 g/mol. The van der Waals surface area contributed by atoms with Crippen LogP contribution in [0.4, 0.5) is 0 Å². The van der Waals surface area contributed by atoms with Gasteiger partial charge >= 0.3 is 5.97 Å². The molecule has 2 aromatic rings. The van der Waals surface area contributed by atoms with Crippen molar-refractivity contribution in [2.24, 2.45) is 5.92 Å². The zero-order valence-corrected chi connectivity index (χ0v) is 16.4. The Morgan fingerprint density at radius 1 is 1.17 bits per heavy atom. The molecule has 0 radical (unpaired) electrons. The zero-order chi connectivity index (χ0) is 20.6. The molecule has 1 aromatic carbocycles. The first-order valence-corrected chi connectivity index (χ1v) is 10.5. The van der Waals surface area contributed by atoms with Gasteiger partial charge in [0.25, 0.3) is 0 Å². The number of hydrogen-bond acceptors (Lipinski definition) is 4. The lowest BCUT2D eigenvalue weighted by atomic mass is 9.89. The van der Waals surface area contributed by atoms with E-state index in [1.165, 1.54) is 12.3 Å². The molecule has 1 saturated heterocycles. The smallest absolute Gasteiger partial charge is 0.341 e. The van der Waals surface area contributed by atoms with Gasteiger partial charge in [0.1, 0.15) is 17.5 Å². The Labute approximate surface area is 172 Å². The van der Waals surface area contributed by atoms with Crippen LogP contribution in [0.25, 0.3) is 11.1 Å². The number of carbonyl (C=O) groups excluding carboxylic acids is 1. The normalized spacial score (nSPS) is 23.6. The van der Waals surface area contributed by atoms with Crippen molar-refractivity contribution in [1.29, 1.82) is 0 Å². The Morgan fingerprint density at radius 2 is 2.00 bits per heavy atom. The highest BCUT2D eigenvalue weighted by atomic mass is 16.5. The number of allylic oxidation sites excluding steroid dienone is 1. The van der Waals surface area contributed by atoms with E-state index in [0.717, 1.165) is 52.8 Å². The number of carbonyl (C=O) groups is 2. The molecule has 3 heterocycles. The van der Waals surface area contributed by atoms with E-state index >= 15 is 0 Å². The Kier molecular flexibility index (Phi) is 3.72. The van der Waals surface area contributed by atoms with Crippen molar-refractivity contribution in [3.63, 3.8) is 0 Å². The predicted octanol–water partition coefficient (Wildman–Crippen LogP) is 2.88. The Morgan fingerprint density at radius 3 is 2.77 bits per heavy atom. The van der Waals surface area contributed by atoms with Crippen molar-refractivity contribution < 1.29 is 19.4 Å². The van der Waals surface area contributed by atoms with Gasteiger partial charge in [-0.3, -0.25) is 9.59 Å². The topological polar surface area (TPSA) is 85.6 Å². The van der Waals surface area contributed by atoms with Crippen LogP contribution in [0, 0.1) is 5.92 Å². The molecule has 2 atom stereocenters. The molecule has 1 saturated carbocycles. The number of aromatic carboxylic acids is 1. The van der Waals surface area contributed by atoms with Crippen LogP contribution < -0.4 is 5.43 Å². The van der Waals surface area contributed by atoms with Crippen LogP contribution in [0.3, 0.4) is 0 Å². The summed E-state index contributed by atoms with van der Waals surface area (Å²) in [7, 11) is 0. The maximum Gasteiger partial charge on any atom is 0.341 e. The highest BCUT2D eigenvalue weighted by Crippen LogP contribution is 2.50. The number of carboxylic acid groups (broad SMARTS) is 1. The molecular weight excluding hydrogens is 382 g/mol. The van der Waals surface area contributed by atoms with Gasteiger partial charge < -0.3 is 14.4 Å². The monoisotopic (exact) mass is 403 g/mol. The standard InChI is InChI=1S/C24H21NO5/c26-20(13-2-3-13)8-12-1-4-15-14(7-12)9-16-19-10-21(27)17(24(28)29)11-25(19)18-5-6-30-23(18)22(15)16/h1,4,7,10-11,13,18,23H,2-3,5-6,8-9H2,(H,28,29)/t18-,23+/m1/s1. The lowest BCUT2D eigenvalue weighted by molar-refractivity contribution is -0.119. The van der Waals surface area contributed by atoms with Crippen molar-refractivity contribution in [2.75, 3.05) is 6.61 Å². The van der Waals surface area contributed by atoms with Crippen LogP contribution in [-0.2, 0) is 22.4 Å². The number of Topliss-reactive ketones (excluding diaryl/α,β-unsaturated/α-hetero) is 1. The minimum Gasteiger partial charge on any atom is -0.477 e. The van der Waals surface area contributed by atoms with E-state index in [9.17, 15) is 19.5 Å². The molecule has 6 heteroatoms. The summed E-state index contributed by atoms with van der Waals surface area (Å²) in [4.78, 5) is 36.2. The number of carboxylic acids is 1. The molecule has 2 aliphatic carbocycles. The molecule has 2 fully saturated rings. The Bertz CT molecular complexity index is 1220. The van der Waals surface area contributed by atoms with Crippen LogP contribution >= 0.6 is 0 Å². The van der Waals surface area contributed by atoms with Crippen molar-refractivity contribution in [3.8, 4) is 0 Å². The van der Waals surface area contributed by atoms with Gasteiger partial charge in [-0.05, 0) is 47.1 Å². The molecule has 30 heavy (non-hydrogen) atoms. The van der Waals surface area contributed by atoms with Crippen molar-refractivity contribution in [1.82, 2.24) is 4.57 Å². The van der Waals surface area contributed by atoms with Crippen LogP contribution in [0.15, 0.2) is 35.3 Å². The SMILES string of the molecule is O=C(O)c1cn2c(cc1=O)C1=C(c3ccc(CC(=O)C4CC4)cc3C1)[C@H]1OCC[C@H]12. The third-order valence-electron chi connectivity index (χ3n) is 6.88. The summed E-state index contributed by atoms with van der Waals surface area (Å²) in [6.07, 6.45) is 5.29. The summed E-state index contributed by atoms with van der Waals surface area (Å²) >= 11 is 0. The molecule has 1 N–H and O–H groups in total. The molecule has 0 spiro atoms. The fraction of sp³-hybridized carbons (Fsp3) is 0.375. The molecule has 6 rings (SSSR count). The quantitative estimate of drug-likeness (QED) is 0.849. The summed E-state index contributed by atoms with van der Waals surface area (Å²) in [5.74, 6) is -0.632. The minimum atomic E-state index is -1.20. The fourth-order valence-corrected chi connectivity index (χ4v) is 5.28. The first kappa shape index (κ1) is 17.8. The van der Waals surface area contributed by atoms with Crippen LogP contribution in [-0.4, -0.2) is 34.1 Å². The van der Waals surface area contributed by atoms with Gasteiger partial charge in [0.15, 0.2) is 5.43 Å². The van der Waals surface area contributed by atoms with Gasteiger partial charge in [0, 0.05) is 43.3 Å². The average Bonchev–Trinajstić information content (AvgIpc) is 3.34. The molecule has 1 aromatic heterocycles. The number of hydrogen-bond donors (Lipinski definition) is 1. The molecule has 2 aliphatic heterocycles. The summed E-state index contributed by atoms with van der Waals surface area (Å²) in [5, 5.41) is 9.40. The maximum absolute atomic E-state index is 12.4. The maximum atomic E-state index is 12.4. The molecule has 152 valence electrons. The summed E-state index contributed by atoms with van der Waals surface area (Å²) < 4.78 is 8.03. The van der Waals surface area contributed by atoms with E-state index in [1.54, 1.807) is 0 Å². The van der Waals surface area contributed by atoms with Gasteiger partial charge in [0.05, 0.1) is 6.04 Å². The third-order valence-corrected chi connectivity index (χ3v) is 6.88. The molecular formula is C24H21NO5. The summed E-state index contributed by atoms with van der Waals surface area (Å²) in [6, 6.07) is 7.70. The fourth-order valence-electron chi connectivity index (χ4n) is 5.28. The summed E-state index contributed by atoms with van der Waals surface area (Å²) in [6.45, 7) is 0.601. The highest BCUT2D eigenvalue weighted by molar-refractivity contribution is 6.00. The van der Waals surface area contributed by atoms with Gasteiger partial charge in [-0.15, -0.1) is 0 Å². The predicted molar refractivity (Wildman–Crippen MR) is 109 cm³/mol. The highest BCUT2D eigenvalue weighted by Gasteiger charge is 2.43. The lowest BCUT2D eigenvalue weighted by Gasteiger charge is -2.32. The van der Waals surface area contributed by atoms with Crippen molar-refractivity contribution in [3.05, 3.63) is 68.6 Å². The lowest BCUT2D eigenvalue weighted by Crippen LogP contribution is -2.31. The largest absolute Gasteiger partial charge is 0.477 e. The van der Waals surface area contributed by atoms with E-state index in [4.69, 9.17) is 4.74 Å². The van der Waals surface area contributed by atoms with Crippen molar-refractivity contribution in [2.45, 2.75) is 44.2 Å². The Balaban J connectivity index is 1.44. The molecule has 0 bridgehead atoms. The molecule has 6 nitrogen and oxygen atoms in total. The number of fused-ring (bicyclic) bond motifs is 7. The van der Waals surface area contributed by atoms with E-state index in [-0.39, 0.29) is 23.6 Å². The zero-order valence-electron chi connectivity index (χ0n) is 16.4. The van der Waals surface area contributed by atoms with E-state index in [2.05, 4.69) is 12.1 Å². The van der Waals surface area contributed by atoms with E-state index in [1.807, 2.05) is 10.6 Å². The van der Waals surface area contributed by atoms with Crippen LogP contribution in [0.2, 0.25) is 0 Å². The summed E-state index contributed by atoms with van der Waals surface area (Å²) in [5.41, 5.74) is 5.59. The molecule has 0 amide bonds. The Hall–Kier alpha value is -2.99. The second kappa shape index (κ2) is 6.25. The third kappa shape index (κ3) is 2.56. The van der Waals surface area contributed by atoms with Gasteiger partial charge in [0.2, 0.25) is 0 Å². The minimum absolute atomic E-state index is 0.0143. The number of nitrogens with zero attached hydrogens (tertiary/aromatic N) is 1. The second-order valence-corrected chi connectivity index (χ2v) is 8.77. The van der Waals surface area contributed by atoms with E-state index in [0.29, 0.717) is 25.2 Å². The van der Waals surface area contributed by atoms with E-state index < -0.39 is 11.4 Å². The van der Waals surface area contributed by atoms with Gasteiger partial charge in [-0.1, -0.05) is 18.2 Å². The first-order chi connectivity index (χ1) is 14.5. The van der Waals surface area contributed by atoms with Crippen molar-refractivity contribution >= 4 is 22.9 Å². The first-order valence-electron chi connectivity index (χ1n) is 10.5. The molecule has 0 unspecified atom stereocenters. The second-order valence-electron chi connectivity index (χ2n) is 8.77.